The predicted octanol–water partition coefficient (Wildman–Crippen LogP) is 4.20. The van der Waals surface area contributed by atoms with E-state index in [1.54, 1.807) is 24.3 Å². The van der Waals surface area contributed by atoms with Gasteiger partial charge in [0.05, 0.1) is 17.9 Å². The maximum absolute atomic E-state index is 12.5. The molecule has 1 aromatic carbocycles. The second-order valence-corrected chi connectivity index (χ2v) is 6.24. The first kappa shape index (κ1) is 17.5. The van der Waals surface area contributed by atoms with E-state index in [-0.39, 0.29) is 18.0 Å². The number of carbonyl (C=O) groups is 2. The molecule has 0 radical (unpaired) electrons. The topological polar surface area (TPSA) is 55.4 Å². The number of halogens is 1. The van der Waals surface area contributed by atoms with E-state index in [4.69, 9.17) is 16.3 Å². The first-order valence-electron chi connectivity index (χ1n) is 7.93. The third-order valence-electron chi connectivity index (χ3n) is 4.08. The second-order valence-electron chi connectivity index (χ2n) is 5.81. The van der Waals surface area contributed by atoms with E-state index in [0.29, 0.717) is 23.6 Å². The zero-order valence-corrected chi connectivity index (χ0v) is 14.2. The summed E-state index contributed by atoms with van der Waals surface area (Å²) in [7, 11) is 0. The largest absolute Gasteiger partial charge is 0.462 e. The third kappa shape index (κ3) is 4.83. The van der Waals surface area contributed by atoms with Crippen molar-refractivity contribution < 1.29 is 14.3 Å². The highest BCUT2D eigenvalue weighted by Crippen LogP contribution is 2.29. The molecule has 0 heterocycles. The maximum Gasteiger partial charge on any atom is 0.310 e. The molecule has 124 valence electrons. The number of allylic oxidation sites excluding steroid dienone is 2. The van der Waals surface area contributed by atoms with Crippen LogP contribution >= 0.6 is 11.6 Å². The Morgan fingerprint density at radius 1 is 1.22 bits per heavy atom. The molecule has 0 aromatic heterocycles. The molecule has 1 N–H and O–H groups in total. The van der Waals surface area contributed by atoms with Crippen LogP contribution in [0.15, 0.2) is 36.4 Å². The summed E-state index contributed by atoms with van der Waals surface area (Å²) in [4.78, 5) is 24.9. The lowest BCUT2D eigenvalue weighted by Crippen LogP contribution is -2.36. The molecule has 0 saturated heterocycles. The van der Waals surface area contributed by atoms with Gasteiger partial charge in [-0.05, 0) is 50.5 Å². The first-order valence-corrected chi connectivity index (χ1v) is 8.31. The molecule has 0 fully saturated rings. The zero-order valence-electron chi connectivity index (χ0n) is 13.4. The number of hydrogen-bond acceptors (Lipinski definition) is 3. The average molecular weight is 336 g/mol. The summed E-state index contributed by atoms with van der Waals surface area (Å²) < 4.78 is 5.42. The normalized spacial score (nSPS) is 21.5. The molecule has 0 spiro atoms. The minimum atomic E-state index is -0.429. The molecule has 5 heteroatoms. The summed E-state index contributed by atoms with van der Waals surface area (Å²) in [5, 5.41) is 3.46. The highest BCUT2D eigenvalue weighted by Gasteiger charge is 2.35. The molecule has 1 aromatic rings. The fourth-order valence-electron chi connectivity index (χ4n) is 2.50. The summed E-state index contributed by atoms with van der Waals surface area (Å²) in [5.41, 5.74) is 0.669. The molecule has 1 aliphatic carbocycles. The van der Waals surface area contributed by atoms with Gasteiger partial charge in [0.25, 0.3) is 0 Å². The Morgan fingerprint density at radius 2 is 1.83 bits per heavy atom. The minimum Gasteiger partial charge on any atom is -0.462 e. The number of rotatable bonds is 5. The molecule has 2 rings (SSSR count). The quantitative estimate of drug-likeness (QED) is 0.648. The molecule has 0 unspecified atom stereocenters. The van der Waals surface area contributed by atoms with Crippen LogP contribution in [-0.4, -0.2) is 18.0 Å². The van der Waals surface area contributed by atoms with Crippen LogP contribution in [0.1, 0.15) is 33.1 Å². The van der Waals surface area contributed by atoms with Crippen LogP contribution < -0.4 is 5.32 Å². The Labute approximate surface area is 141 Å². The summed E-state index contributed by atoms with van der Waals surface area (Å²) >= 11 is 5.84. The number of ether oxygens (including phenoxy) is 1. The van der Waals surface area contributed by atoms with Crippen LogP contribution in [-0.2, 0) is 14.3 Å². The van der Waals surface area contributed by atoms with Crippen molar-refractivity contribution >= 4 is 29.2 Å². The molecular weight excluding hydrogens is 314 g/mol. The van der Waals surface area contributed by atoms with E-state index in [1.165, 1.54) is 0 Å². The third-order valence-corrected chi connectivity index (χ3v) is 4.33. The molecule has 3 atom stereocenters. The summed E-state index contributed by atoms with van der Waals surface area (Å²) in [6.45, 7) is 3.82. The van der Waals surface area contributed by atoms with E-state index in [2.05, 4.69) is 5.32 Å². The van der Waals surface area contributed by atoms with E-state index in [9.17, 15) is 9.59 Å². The van der Waals surface area contributed by atoms with Crippen molar-refractivity contribution in [2.24, 2.45) is 11.8 Å². The van der Waals surface area contributed by atoms with Crippen molar-refractivity contribution in [3.63, 3.8) is 0 Å². The molecule has 4 nitrogen and oxygen atoms in total. The number of nitrogens with one attached hydrogen (secondary N) is 1. The number of benzene rings is 1. The highest BCUT2D eigenvalue weighted by molar-refractivity contribution is 6.30. The van der Waals surface area contributed by atoms with Crippen molar-refractivity contribution in [2.45, 2.75) is 39.2 Å². The van der Waals surface area contributed by atoms with Crippen LogP contribution in [0.4, 0.5) is 5.69 Å². The van der Waals surface area contributed by atoms with Crippen LogP contribution in [0.2, 0.25) is 5.02 Å². The number of hydrogen-bond donors (Lipinski definition) is 1. The van der Waals surface area contributed by atoms with Crippen molar-refractivity contribution in [1.82, 2.24) is 0 Å². The SMILES string of the molecule is CC[C@@H](C)OC(=O)[C@@H]1CC=CC[C@@H]1C(=O)Nc1ccc(Cl)cc1. The molecule has 0 saturated carbocycles. The van der Waals surface area contributed by atoms with Gasteiger partial charge in [-0.25, -0.2) is 0 Å². The van der Waals surface area contributed by atoms with E-state index in [1.807, 2.05) is 26.0 Å². The van der Waals surface area contributed by atoms with Crippen molar-refractivity contribution in [2.75, 3.05) is 5.32 Å². The molecule has 1 amide bonds. The van der Waals surface area contributed by atoms with Crippen LogP contribution in [0.5, 0.6) is 0 Å². The van der Waals surface area contributed by atoms with Gasteiger partial charge in [-0.1, -0.05) is 30.7 Å². The number of amides is 1. The number of carbonyl (C=O) groups excluding carboxylic acids is 2. The maximum atomic E-state index is 12.5. The Kier molecular flexibility index (Phi) is 6.22. The lowest BCUT2D eigenvalue weighted by Gasteiger charge is -2.27. The van der Waals surface area contributed by atoms with Gasteiger partial charge in [-0.15, -0.1) is 0 Å². The van der Waals surface area contributed by atoms with Gasteiger partial charge in [0.2, 0.25) is 5.91 Å². The van der Waals surface area contributed by atoms with E-state index >= 15 is 0 Å². The zero-order chi connectivity index (χ0) is 16.8. The van der Waals surface area contributed by atoms with Crippen LogP contribution in [0.25, 0.3) is 0 Å². The van der Waals surface area contributed by atoms with Gasteiger partial charge in [0.15, 0.2) is 0 Å². The van der Waals surface area contributed by atoms with Gasteiger partial charge >= 0.3 is 5.97 Å². The molecular formula is C18H22ClNO3. The summed E-state index contributed by atoms with van der Waals surface area (Å²) in [5.74, 6) is -1.30. The summed E-state index contributed by atoms with van der Waals surface area (Å²) in [6, 6.07) is 6.91. The highest BCUT2D eigenvalue weighted by atomic mass is 35.5. The van der Waals surface area contributed by atoms with E-state index in [0.717, 1.165) is 6.42 Å². The summed E-state index contributed by atoms with van der Waals surface area (Å²) in [6.07, 6.45) is 5.59. The van der Waals surface area contributed by atoms with Crippen molar-refractivity contribution in [3.05, 3.63) is 41.4 Å². The monoisotopic (exact) mass is 335 g/mol. The second kappa shape index (κ2) is 8.16. The first-order chi connectivity index (χ1) is 11.0. The molecule has 23 heavy (non-hydrogen) atoms. The smallest absolute Gasteiger partial charge is 0.310 e. The van der Waals surface area contributed by atoms with Gasteiger partial charge in [-0.2, -0.15) is 0 Å². The van der Waals surface area contributed by atoms with Crippen molar-refractivity contribution in [1.29, 1.82) is 0 Å². The van der Waals surface area contributed by atoms with Gasteiger partial charge in [-0.3, -0.25) is 9.59 Å². The molecule has 0 aliphatic heterocycles. The van der Waals surface area contributed by atoms with Gasteiger partial charge < -0.3 is 10.1 Å². The fourth-order valence-corrected chi connectivity index (χ4v) is 2.63. The molecule has 0 bridgehead atoms. The van der Waals surface area contributed by atoms with Gasteiger partial charge in [0.1, 0.15) is 0 Å². The average Bonchev–Trinajstić information content (AvgIpc) is 2.56. The minimum absolute atomic E-state index is 0.131. The Morgan fingerprint density at radius 3 is 2.43 bits per heavy atom. The lowest BCUT2D eigenvalue weighted by molar-refractivity contribution is -0.157. The van der Waals surface area contributed by atoms with Crippen LogP contribution in [0.3, 0.4) is 0 Å². The number of esters is 1. The fraction of sp³-hybridized carbons (Fsp3) is 0.444. The number of anilines is 1. The van der Waals surface area contributed by atoms with Crippen LogP contribution in [0, 0.1) is 11.8 Å². The van der Waals surface area contributed by atoms with E-state index < -0.39 is 11.8 Å². The predicted molar refractivity (Wildman–Crippen MR) is 91.3 cm³/mol. The Bertz CT molecular complexity index is 582. The standard InChI is InChI=1S/C18H22ClNO3/c1-3-12(2)23-18(22)16-7-5-4-6-15(16)17(21)20-14-10-8-13(19)9-11-14/h4-5,8-12,15-16H,3,6-7H2,1-2H3,(H,20,21)/t12-,15+,16-/m1/s1. The Balaban J connectivity index is 2.05. The Hall–Kier alpha value is -1.81. The lowest BCUT2D eigenvalue weighted by atomic mass is 9.82. The van der Waals surface area contributed by atoms with Gasteiger partial charge in [0, 0.05) is 10.7 Å². The van der Waals surface area contributed by atoms with Crippen molar-refractivity contribution in [3.8, 4) is 0 Å². The molecule has 1 aliphatic rings.